The van der Waals surface area contributed by atoms with Gasteiger partial charge in [0.1, 0.15) is 5.75 Å². The monoisotopic (exact) mass is 291 g/mol. The van der Waals surface area contributed by atoms with Gasteiger partial charge in [0.15, 0.2) is 0 Å². The Morgan fingerprint density at radius 1 is 1.29 bits per heavy atom. The van der Waals surface area contributed by atoms with Crippen molar-refractivity contribution in [1.82, 2.24) is 4.90 Å². The van der Waals surface area contributed by atoms with E-state index in [4.69, 9.17) is 4.74 Å². The molecule has 1 heterocycles. The van der Waals surface area contributed by atoms with Crippen LogP contribution in [0.1, 0.15) is 38.7 Å². The van der Waals surface area contributed by atoms with Gasteiger partial charge in [-0.3, -0.25) is 4.79 Å². The first-order valence-electron chi connectivity index (χ1n) is 7.72. The largest absolute Gasteiger partial charge is 0.494 e. The van der Waals surface area contributed by atoms with Crippen molar-refractivity contribution >= 4 is 5.91 Å². The molecule has 1 aromatic rings. The Bertz CT molecular complexity index is 467. The first-order valence-corrected chi connectivity index (χ1v) is 7.72. The van der Waals surface area contributed by atoms with E-state index in [0.29, 0.717) is 26.0 Å². The summed E-state index contributed by atoms with van der Waals surface area (Å²) in [6.07, 6.45) is 2.69. The van der Waals surface area contributed by atoms with Gasteiger partial charge in [-0.2, -0.15) is 0 Å². The Morgan fingerprint density at radius 3 is 2.67 bits per heavy atom. The number of hydrogen-bond acceptors (Lipinski definition) is 3. The van der Waals surface area contributed by atoms with Crippen LogP contribution in [0, 0.1) is 0 Å². The standard InChI is InChI=1S/C17H25NO3/c1-3-21-15-7-5-14(6-8-15)13-16(19)18-11-4-9-17(2,20)10-12-18/h5-8,20H,3-4,9-13H2,1-2H3/t17-/m0/s1. The van der Waals surface area contributed by atoms with Crippen LogP contribution in [0.4, 0.5) is 0 Å². The van der Waals surface area contributed by atoms with Crippen molar-refractivity contribution in [3.05, 3.63) is 29.8 Å². The number of nitrogens with zero attached hydrogens (tertiary/aromatic N) is 1. The van der Waals surface area contributed by atoms with Crippen molar-refractivity contribution in [3.63, 3.8) is 0 Å². The normalized spacial score (nSPS) is 22.7. The first-order chi connectivity index (χ1) is 10.00. The van der Waals surface area contributed by atoms with Crippen molar-refractivity contribution < 1.29 is 14.6 Å². The Balaban J connectivity index is 1.91. The first kappa shape index (κ1) is 15.8. The minimum absolute atomic E-state index is 0.136. The van der Waals surface area contributed by atoms with Crippen LogP contribution in [0.3, 0.4) is 0 Å². The highest BCUT2D eigenvalue weighted by atomic mass is 16.5. The summed E-state index contributed by atoms with van der Waals surface area (Å²) >= 11 is 0. The number of hydrogen-bond donors (Lipinski definition) is 1. The lowest BCUT2D eigenvalue weighted by Crippen LogP contribution is -2.34. The van der Waals surface area contributed by atoms with Gasteiger partial charge in [0, 0.05) is 13.1 Å². The van der Waals surface area contributed by atoms with E-state index < -0.39 is 5.60 Å². The van der Waals surface area contributed by atoms with E-state index in [1.54, 1.807) is 0 Å². The Kier molecular flexibility index (Phi) is 5.23. The van der Waals surface area contributed by atoms with Gasteiger partial charge < -0.3 is 14.7 Å². The molecule has 1 aliphatic rings. The second-order valence-electron chi connectivity index (χ2n) is 5.99. The molecule has 1 aliphatic heterocycles. The van der Waals surface area contributed by atoms with Gasteiger partial charge in [-0.1, -0.05) is 12.1 Å². The predicted molar refractivity (Wildman–Crippen MR) is 82.4 cm³/mol. The molecular formula is C17H25NO3. The second-order valence-corrected chi connectivity index (χ2v) is 5.99. The SMILES string of the molecule is CCOc1ccc(CC(=O)N2CCC[C@](C)(O)CC2)cc1. The fourth-order valence-electron chi connectivity index (χ4n) is 2.67. The summed E-state index contributed by atoms with van der Waals surface area (Å²) in [7, 11) is 0. The number of benzene rings is 1. The van der Waals surface area contributed by atoms with Gasteiger partial charge in [-0.25, -0.2) is 0 Å². The van der Waals surface area contributed by atoms with Crippen molar-refractivity contribution in [3.8, 4) is 5.75 Å². The van der Waals surface area contributed by atoms with E-state index in [9.17, 15) is 9.90 Å². The molecule has 1 saturated heterocycles. The Morgan fingerprint density at radius 2 is 2.00 bits per heavy atom. The van der Waals surface area contributed by atoms with Crippen LogP contribution in [-0.2, 0) is 11.2 Å². The number of likely N-dealkylation sites (tertiary alicyclic amines) is 1. The van der Waals surface area contributed by atoms with E-state index in [1.807, 2.05) is 43.0 Å². The molecule has 0 saturated carbocycles. The minimum atomic E-state index is -0.631. The lowest BCUT2D eigenvalue weighted by Gasteiger charge is -2.22. The molecule has 1 atom stereocenters. The second kappa shape index (κ2) is 6.94. The maximum absolute atomic E-state index is 12.4. The highest BCUT2D eigenvalue weighted by molar-refractivity contribution is 5.78. The van der Waals surface area contributed by atoms with E-state index in [2.05, 4.69) is 0 Å². The molecule has 21 heavy (non-hydrogen) atoms. The number of ether oxygens (including phenoxy) is 1. The van der Waals surface area contributed by atoms with Gasteiger partial charge >= 0.3 is 0 Å². The molecule has 2 rings (SSSR count). The molecule has 0 unspecified atom stereocenters. The summed E-state index contributed by atoms with van der Waals surface area (Å²) in [4.78, 5) is 14.2. The van der Waals surface area contributed by atoms with E-state index in [1.165, 1.54) is 0 Å². The van der Waals surface area contributed by atoms with Gasteiger partial charge in [-0.05, 0) is 50.8 Å². The molecule has 0 aliphatic carbocycles. The summed E-state index contributed by atoms with van der Waals surface area (Å²) in [5, 5.41) is 10.1. The molecule has 0 bridgehead atoms. The van der Waals surface area contributed by atoms with Crippen molar-refractivity contribution in [2.75, 3.05) is 19.7 Å². The maximum atomic E-state index is 12.4. The highest BCUT2D eigenvalue weighted by Gasteiger charge is 2.26. The molecule has 1 fully saturated rings. The summed E-state index contributed by atoms with van der Waals surface area (Å²) in [5.74, 6) is 0.969. The molecule has 0 aromatic heterocycles. The third-order valence-corrected chi connectivity index (χ3v) is 4.01. The van der Waals surface area contributed by atoms with Crippen molar-refractivity contribution in [2.24, 2.45) is 0 Å². The fraction of sp³-hybridized carbons (Fsp3) is 0.588. The van der Waals surface area contributed by atoms with Crippen LogP contribution in [0.25, 0.3) is 0 Å². The third kappa shape index (κ3) is 4.74. The molecule has 0 radical (unpaired) electrons. The van der Waals surface area contributed by atoms with Crippen LogP contribution in [0.2, 0.25) is 0 Å². The molecule has 0 spiro atoms. The lowest BCUT2D eigenvalue weighted by atomic mass is 9.98. The van der Waals surface area contributed by atoms with Crippen LogP contribution >= 0.6 is 0 Å². The van der Waals surface area contributed by atoms with Gasteiger partial charge in [-0.15, -0.1) is 0 Å². The van der Waals surface area contributed by atoms with Gasteiger partial charge in [0.2, 0.25) is 5.91 Å². The quantitative estimate of drug-likeness (QED) is 0.926. The minimum Gasteiger partial charge on any atom is -0.494 e. The van der Waals surface area contributed by atoms with Crippen molar-refractivity contribution in [2.45, 2.75) is 45.1 Å². The molecular weight excluding hydrogens is 266 g/mol. The summed E-state index contributed by atoms with van der Waals surface area (Å²) in [5.41, 5.74) is 0.369. The molecule has 1 amide bonds. The summed E-state index contributed by atoms with van der Waals surface area (Å²) in [6, 6.07) is 7.69. The van der Waals surface area contributed by atoms with Crippen LogP contribution in [-0.4, -0.2) is 41.2 Å². The maximum Gasteiger partial charge on any atom is 0.226 e. The number of carbonyl (C=O) groups is 1. The number of carbonyl (C=O) groups excluding carboxylic acids is 1. The average Bonchev–Trinajstić information content (AvgIpc) is 2.62. The number of aliphatic hydroxyl groups is 1. The number of rotatable bonds is 4. The third-order valence-electron chi connectivity index (χ3n) is 4.01. The van der Waals surface area contributed by atoms with Crippen LogP contribution < -0.4 is 4.74 Å². The zero-order valence-electron chi connectivity index (χ0n) is 13.0. The predicted octanol–water partition coefficient (Wildman–Crippen LogP) is 2.39. The highest BCUT2D eigenvalue weighted by Crippen LogP contribution is 2.22. The zero-order chi connectivity index (χ0) is 15.3. The summed E-state index contributed by atoms with van der Waals surface area (Å²) < 4.78 is 5.40. The topological polar surface area (TPSA) is 49.8 Å². The fourth-order valence-corrected chi connectivity index (χ4v) is 2.67. The average molecular weight is 291 g/mol. The smallest absolute Gasteiger partial charge is 0.226 e. The molecule has 116 valence electrons. The molecule has 1 N–H and O–H groups in total. The summed E-state index contributed by atoms with van der Waals surface area (Å²) in [6.45, 7) is 5.83. The molecule has 1 aromatic carbocycles. The number of amides is 1. The van der Waals surface area contributed by atoms with Crippen LogP contribution in [0.5, 0.6) is 5.75 Å². The zero-order valence-corrected chi connectivity index (χ0v) is 13.0. The lowest BCUT2D eigenvalue weighted by molar-refractivity contribution is -0.130. The van der Waals surface area contributed by atoms with Crippen LogP contribution in [0.15, 0.2) is 24.3 Å². The van der Waals surface area contributed by atoms with Gasteiger partial charge in [0.05, 0.1) is 18.6 Å². The van der Waals surface area contributed by atoms with E-state index in [0.717, 1.165) is 30.7 Å². The van der Waals surface area contributed by atoms with Gasteiger partial charge in [0.25, 0.3) is 0 Å². The molecule has 4 heteroatoms. The Labute approximate surface area is 126 Å². The van der Waals surface area contributed by atoms with Crippen molar-refractivity contribution in [1.29, 1.82) is 0 Å². The molecule has 4 nitrogen and oxygen atoms in total. The Hall–Kier alpha value is -1.55. The van der Waals surface area contributed by atoms with E-state index >= 15 is 0 Å². The van der Waals surface area contributed by atoms with E-state index in [-0.39, 0.29) is 5.91 Å².